The molecule has 2 rings (SSSR count). The Morgan fingerprint density at radius 1 is 1.10 bits per heavy atom. The average molecular weight is 296 g/mol. The van der Waals surface area contributed by atoms with Crippen molar-refractivity contribution in [3.63, 3.8) is 0 Å². The maximum atomic E-state index is 6.31. The lowest BCUT2D eigenvalue weighted by molar-refractivity contribution is -0.0144. The van der Waals surface area contributed by atoms with E-state index in [-0.39, 0.29) is 5.54 Å². The molecule has 2 aliphatic rings. The van der Waals surface area contributed by atoms with Crippen molar-refractivity contribution >= 4 is 0 Å². The lowest BCUT2D eigenvalue weighted by Gasteiger charge is -2.51. The van der Waals surface area contributed by atoms with Gasteiger partial charge in [0, 0.05) is 31.8 Å². The highest BCUT2D eigenvalue weighted by Gasteiger charge is 2.44. The molecule has 0 radical (unpaired) electrons. The maximum absolute atomic E-state index is 6.31. The minimum absolute atomic E-state index is 0.228. The van der Waals surface area contributed by atoms with E-state index in [0.29, 0.717) is 6.04 Å². The summed E-state index contributed by atoms with van der Waals surface area (Å²) in [5.74, 6) is 2.60. The molecular weight excluding hydrogens is 260 g/mol. The molecule has 0 aromatic rings. The molecule has 0 aliphatic heterocycles. The van der Waals surface area contributed by atoms with Crippen molar-refractivity contribution in [3.05, 3.63) is 0 Å². The van der Waals surface area contributed by atoms with Crippen LogP contribution in [0.25, 0.3) is 0 Å². The van der Waals surface area contributed by atoms with E-state index in [1.807, 2.05) is 7.11 Å². The van der Waals surface area contributed by atoms with E-state index >= 15 is 0 Å². The second kappa shape index (κ2) is 7.43. The molecule has 2 saturated carbocycles. The van der Waals surface area contributed by atoms with Gasteiger partial charge in [0.1, 0.15) is 0 Å². The number of hydrogen-bond acceptors (Lipinski definition) is 3. The highest BCUT2D eigenvalue weighted by Crippen LogP contribution is 2.43. The van der Waals surface area contributed by atoms with Crippen molar-refractivity contribution in [2.75, 3.05) is 26.8 Å². The van der Waals surface area contributed by atoms with Crippen molar-refractivity contribution < 1.29 is 4.74 Å². The molecule has 0 amide bonds. The lowest BCUT2D eigenvalue weighted by atomic mass is 9.71. The zero-order valence-electron chi connectivity index (χ0n) is 14.6. The third-order valence-corrected chi connectivity index (χ3v) is 6.23. The summed E-state index contributed by atoms with van der Waals surface area (Å²) in [6.07, 6.45) is 8.03. The van der Waals surface area contributed by atoms with E-state index in [2.05, 4.69) is 25.7 Å². The molecule has 0 saturated heterocycles. The van der Waals surface area contributed by atoms with Gasteiger partial charge in [-0.3, -0.25) is 4.90 Å². The molecule has 0 aromatic heterocycles. The van der Waals surface area contributed by atoms with Crippen LogP contribution < -0.4 is 5.73 Å². The molecule has 1 unspecified atom stereocenters. The fourth-order valence-corrected chi connectivity index (χ4v) is 4.35. The monoisotopic (exact) mass is 296 g/mol. The first-order valence-electron chi connectivity index (χ1n) is 9.00. The summed E-state index contributed by atoms with van der Waals surface area (Å²) in [5, 5.41) is 0. The second-order valence-corrected chi connectivity index (χ2v) is 7.77. The van der Waals surface area contributed by atoms with Gasteiger partial charge in [0.15, 0.2) is 0 Å². The largest absolute Gasteiger partial charge is 0.383 e. The molecule has 0 aromatic carbocycles. The van der Waals surface area contributed by atoms with Gasteiger partial charge in [-0.05, 0) is 63.2 Å². The third-order valence-electron chi connectivity index (χ3n) is 6.23. The minimum atomic E-state index is 0.228. The SMILES string of the molecule is COCCN(C(C)C1CC1)C1(CN)CCC(C(C)C)CC1. The highest BCUT2D eigenvalue weighted by atomic mass is 16.5. The molecule has 0 spiro atoms. The van der Waals surface area contributed by atoms with Gasteiger partial charge in [-0.1, -0.05) is 13.8 Å². The lowest BCUT2D eigenvalue weighted by Crippen LogP contribution is -2.60. The van der Waals surface area contributed by atoms with Crippen molar-refractivity contribution in [2.24, 2.45) is 23.5 Å². The zero-order valence-corrected chi connectivity index (χ0v) is 14.6. The maximum Gasteiger partial charge on any atom is 0.0590 e. The van der Waals surface area contributed by atoms with Crippen molar-refractivity contribution in [1.29, 1.82) is 0 Å². The Morgan fingerprint density at radius 3 is 2.14 bits per heavy atom. The Balaban J connectivity index is 2.07. The van der Waals surface area contributed by atoms with Gasteiger partial charge >= 0.3 is 0 Å². The Hall–Kier alpha value is -0.120. The van der Waals surface area contributed by atoms with Crippen LogP contribution in [0.3, 0.4) is 0 Å². The first-order chi connectivity index (χ1) is 10.0. The average Bonchev–Trinajstić information content (AvgIpc) is 3.32. The molecule has 0 heterocycles. The number of nitrogens with two attached hydrogens (primary N) is 1. The molecular formula is C18H36N2O. The van der Waals surface area contributed by atoms with Crippen LogP contribution in [0.15, 0.2) is 0 Å². The van der Waals surface area contributed by atoms with Gasteiger partial charge in [0.05, 0.1) is 6.61 Å². The van der Waals surface area contributed by atoms with Crippen molar-refractivity contribution in [3.8, 4) is 0 Å². The zero-order chi connectivity index (χ0) is 15.5. The van der Waals surface area contributed by atoms with Gasteiger partial charge < -0.3 is 10.5 Å². The molecule has 3 heteroatoms. The van der Waals surface area contributed by atoms with Crippen LogP contribution in [0, 0.1) is 17.8 Å². The van der Waals surface area contributed by atoms with Crippen LogP contribution in [-0.4, -0.2) is 43.3 Å². The summed E-state index contributed by atoms with van der Waals surface area (Å²) in [4.78, 5) is 2.73. The van der Waals surface area contributed by atoms with Gasteiger partial charge in [-0.25, -0.2) is 0 Å². The summed E-state index contributed by atoms with van der Waals surface area (Å²) >= 11 is 0. The molecule has 1 atom stereocenters. The van der Waals surface area contributed by atoms with E-state index in [0.717, 1.165) is 37.5 Å². The second-order valence-electron chi connectivity index (χ2n) is 7.77. The quantitative estimate of drug-likeness (QED) is 0.747. The minimum Gasteiger partial charge on any atom is -0.383 e. The van der Waals surface area contributed by atoms with Gasteiger partial charge in [0.25, 0.3) is 0 Å². The van der Waals surface area contributed by atoms with Crippen LogP contribution >= 0.6 is 0 Å². The molecule has 2 aliphatic carbocycles. The first-order valence-corrected chi connectivity index (χ1v) is 9.00. The standard InChI is InChI=1S/C18H36N2O/c1-14(2)16-7-9-18(13-19,10-8-16)20(11-12-21-4)15(3)17-5-6-17/h14-17H,5-13,19H2,1-4H3. The Morgan fingerprint density at radius 2 is 1.71 bits per heavy atom. The van der Waals surface area contributed by atoms with Crippen LogP contribution in [0.2, 0.25) is 0 Å². The van der Waals surface area contributed by atoms with E-state index in [9.17, 15) is 0 Å². The number of hydrogen-bond donors (Lipinski definition) is 1. The normalized spacial score (nSPS) is 31.9. The number of ether oxygens (including phenoxy) is 1. The van der Waals surface area contributed by atoms with Gasteiger partial charge in [0.2, 0.25) is 0 Å². The van der Waals surface area contributed by atoms with Gasteiger partial charge in [-0.15, -0.1) is 0 Å². The van der Waals surface area contributed by atoms with Crippen molar-refractivity contribution in [2.45, 2.75) is 70.9 Å². The van der Waals surface area contributed by atoms with Crippen LogP contribution in [0.4, 0.5) is 0 Å². The predicted octanol–water partition coefficient (Wildman–Crippen LogP) is 3.28. The van der Waals surface area contributed by atoms with E-state index in [1.165, 1.54) is 38.5 Å². The molecule has 3 nitrogen and oxygen atoms in total. The van der Waals surface area contributed by atoms with E-state index in [1.54, 1.807) is 0 Å². The van der Waals surface area contributed by atoms with Crippen LogP contribution in [0.1, 0.15) is 59.3 Å². The summed E-state index contributed by atoms with van der Waals surface area (Å²) < 4.78 is 5.38. The smallest absolute Gasteiger partial charge is 0.0590 e. The van der Waals surface area contributed by atoms with Crippen LogP contribution in [0.5, 0.6) is 0 Å². The molecule has 0 bridgehead atoms. The molecule has 124 valence electrons. The highest BCUT2D eigenvalue weighted by molar-refractivity contribution is 5.00. The Kier molecular flexibility index (Phi) is 6.10. The van der Waals surface area contributed by atoms with Gasteiger partial charge in [-0.2, -0.15) is 0 Å². The fraction of sp³-hybridized carbons (Fsp3) is 1.00. The number of methoxy groups -OCH3 is 1. The summed E-state index contributed by atoms with van der Waals surface area (Å²) in [6.45, 7) is 9.83. The van der Waals surface area contributed by atoms with Crippen molar-refractivity contribution in [1.82, 2.24) is 4.90 Å². The third kappa shape index (κ3) is 4.00. The van der Waals surface area contributed by atoms with E-state index < -0.39 is 0 Å². The predicted molar refractivity (Wildman–Crippen MR) is 89.3 cm³/mol. The van der Waals surface area contributed by atoms with E-state index in [4.69, 9.17) is 10.5 Å². The summed E-state index contributed by atoms with van der Waals surface area (Å²) in [7, 11) is 1.81. The Bertz CT molecular complexity index is 306. The number of nitrogens with zero attached hydrogens (tertiary/aromatic N) is 1. The Labute approximate surface area is 131 Å². The first kappa shape index (κ1) is 17.2. The number of rotatable bonds is 8. The molecule has 2 N–H and O–H groups in total. The van der Waals surface area contributed by atoms with Crippen LogP contribution in [-0.2, 0) is 4.74 Å². The summed E-state index contributed by atoms with van der Waals surface area (Å²) in [5.41, 5.74) is 6.54. The summed E-state index contributed by atoms with van der Waals surface area (Å²) in [6, 6.07) is 0.666. The topological polar surface area (TPSA) is 38.5 Å². The fourth-order valence-electron chi connectivity index (χ4n) is 4.35. The molecule has 2 fully saturated rings. The molecule has 21 heavy (non-hydrogen) atoms.